The summed E-state index contributed by atoms with van der Waals surface area (Å²) >= 11 is 1.14. The lowest BCUT2D eigenvalue weighted by atomic mass is 9.98. The van der Waals surface area contributed by atoms with E-state index in [2.05, 4.69) is 10.3 Å². The molecule has 3 N–H and O–H groups in total. The summed E-state index contributed by atoms with van der Waals surface area (Å²) in [6, 6.07) is 16.6. The number of carboxylic acid groups (broad SMARTS) is 1. The Bertz CT molecular complexity index is 1750. The Kier molecular flexibility index (Phi) is 8.32. The number of carbonyl (C=O) groups excluding carboxylic acids is 3. The van der Waals surface area contributed by atoms with E-state index in [9.17, 15) is 33.8 Å². The molecule has 0 spiro atoms. The molecular formula is C31H29FN6O6S. The molecular weight excluding hydrogens is 603 g/mol. The molecule has 2 atom stereocenters. The maximum absolute atomic E-state index is 14.5. The van der Waals surface area contributed by atoms with E-state index in [1.165, 1.54) is 43.5 Å². The van der Waals surface area contributed by atoms with Crippen LogP contribution in [0.4, 0.5) is 9.18 Å². The van der Waals surface area contributed by atoms with Crippen LogP contribution in [-0.2, 0) is 33.9 Å². The van der Waals surface area contributed by atoms with E-state index in [0.29, 0.717) is 21.3 Å². The van der Waals surface area contributed by atoms with Crippen molar-refractivity contribution in [3.05, 3.63) is 94.7 Å². The molecule has 0 saturated carbocycles. The van der Waals surface area contributed by atoms with Crippen LogP contribution in [0.5, 0.6) is 5.75 Å². The van der Waals surface area contributed by atoms with Gasteiger partial charge in [0.1, 0.15) is 30.3 Å². The molecule has 4 amide bonds. The molecule has 0 unspecified atom stereocenters. The Morgan fingerprint density at radius 3 is 2.51 bits per heavy atom. The van der Waals surface area contributed by atoms with Gasteiger partial charge in [-0.25, -0.2) is 19.2 Å². The van der Waals surface area contributed by atoms with Gasteiger partial charge in [0.05, 0.1) is 28.8 Å². The number of hydrogen-bond acceptors (Lipinski definition) is 8. The Labute approximate surface area is 260 Å². The number of carbonyl (C=O) groups is 4. The zero-order chi connectivity index (χ0) is 31.7. The number of nitrogens with one attached hydrogen (secondary N) is 1. The molecule has 1 aromatic heterocycles. The summed E-state index contributed by atoms with van der Waals surface area (Å²) in [7, 11) is 0. The van der Waals surface area contributed by atoms with Crippen LogP contribution in [0.15, 0.2) is 72.2 Å². The molecule has 12 nitrogen and oxygen atoms in total. The normalized spacial score (nSPS) is 18.7. The Morgan fingerprint density at radius 2 is 1.78 bits per heavy atom. The fourth-order valence-electron chi connectivity index (χ4n) is 5.85. The average Bonchev–Trinajstić information content (AvgIpc) is 3.52. The molecule has 232 valence electrons. The molecule has 2 aliphatic heterocycles. The van der Waals surface area contributed by atoms with Crippen LogP contribution < -0.4 is 5.32 Å². The number of aromatic nitrogens is 1. The molecule has 0 aliphatic carbocycles. The number of nitrogens with zero attached hydrogens (tertiary/aromatic N) is 5. The Balaban J connectivity index is 1.38. The van der Waals surface area contributed by atoms with E-state index in [4.69, 9.17) is 0 Å². The van der Waals surface area contributed by atoms with Gasteiger partial charge < -0.3 is 25.3 Å². The maximum atomic E-state index is 14.5. The predicted molar refractivity (Wildman–Crippen MR) is 161 cm³/mol. The number of amides is 4. The number of carboxylic acids is 1. The minimum Gasteiger partial charge on any atom is -0.508 e. The summed E-state index contributed by atoms with van der Waals surface area (Å²) in [4.78, 5) is 60.7. The van der Waals surface area contributed by atoms with Gasteiger partial charge in [0.2, 0.25) is 11.8 Å². The second-order valence-electron chi connectivity index (χ2n) is 10.8. The number of hydrazine groups is 1. The first-order chi connectivity index (χ1) is 21.7. The summed E-state index contributed by atoms with van der Waals surface area (Å²) in [6.07, 6.45) is -0.973. The number of phenols is 1. The van der Waals surface area contributed by atoms with Crippen molar-refractivity contribution in [2.45, 2.75) is 31.7 Å². The monoisotopic (exact) mass is 632 g/mol. The van der Waals surface area contributed by atoms with Crippen molar-refractivity contribution in [2.75, 3.05) is 19.6 Å². The quantitative estimate of drug-likeness (QED) is 0.269. The SMILES string of the molecule is O=C(O)CN1CC(=O)N2[C@@H](Cc3ccc(O)cc3)C(=O)N(Cc3ccc(F)c4scnc34)C[C@@H]2N1C(=O)NCc1ccccc1. The van der Waals surface area contributed by atoms with Crippen molar-refractivity contribution in [3.8, 4) is 5.75 Å². The number of halogens is 1. The molecule has 4 aromatic rings. The van der Waals surface area contributed by atoms with Crippen molar-refractivity contribution in [2.24, 2.45) is 0 Å². The molecule has 0 radical (unpaired) electrons. The van der Waals surface area contributed by atoms with E-state index < -0.39 is 54.9 Å². The van der Waals surface area contributed by atoms with Crippen LogP contribution in [0.25, 0.3) is 10.2 Å². The van der Waals surface area contributed by atoms with Gasteiger partial charge in [-0.2, -0.15) is 5.01 Å². The van der Waals surface area contributed by atoms with Gasteiger partial charge >= 0.3 is 12.0 Å². The van der Waals surface area contributed by atoms with E-state index in [0.717, 1.165) is 16.9 Å². The highest BCUT2D eigenvalue weighted by Crippen LogP contribution is 2.31. The summed E-state index contributed by atoms with van der Waals surface area (Å²) in [5.74, 6) is -2.53. The van der Waals surface area contributed by atoms with Gasteiger partial charge in [-0.3, -0.25) is 14.4 Å². The van der Waals surface area contributed by atoms with Crippen molar-refractivity contribution >= 4 is 45.4 Å². The number of aromatic hydroxyl groups is 1. The Hall–Kier alpha value is -5.08. The number of urea groups is 1. The van der Waals surface area contributed by atoms with Gasteiger partial charge in [-0.1, -0.05) is 48.5 Å². The fourth-order valence-corrected chi connectivity index (χ4v) is 6.59. The van der Waals surface area contributed by atoms with Crippen LogP contribution in [0.1, 0.15) is 16.7 Å². The first-order valence-electron chi connectivity index (χ1n) is 14.2. The number of phenolic OH excluding ortho intramolecular Hbond substituents is 1. The summed E-state index contributed by atoms with van der Waals surface area (Å²) in [6.45, 7) is -1.02. The lowest BCUT2D eigenvalue weighted by molar-refractivity contribution is -0.192. The minimum atomic E-state index is -1.24. The molecule has 2 aliphatic rings. The summed E-state index contributed by atoms with van der Waals surface area (Å²) in [5.41, 5.74) is 4.00. The maximum Gasteiger partial charge on any atom is 0.334 e. The highest BCUT2D eigenvalue weighted by molar-refractivity contribution is 7.16. The molecule has 0 bridgehead atoms. The van der Waals surface area contributed by atoms with Crippen molar-refractivity contribution < 1.29 is 33.8 Å². The number of hydrogen-bond donors (Lipinski definition) is 3. The van der Waals surface area contributed by atoms with Gasteiger partial charge in [-0.05, 0) is 34.9 Å². The largest absolute Gasteiger partial charge is 0.508 e. The van der Waals surface area contributed by atoms with Crippen LogP contribution in [-0.4, -0.2) is 90.7 Å². The number of benzene rings is 3. The smallest absolute Gasteiger partial charge is 0.334 e. The Morgan fingerprint density at radius 1 is 1.02 bits per heavy atom. The van der Waals surface area contributed by atoms with Crippen molar-refractivity contribution in [3.63, 3.8) is 0 Å². The molecule has 14 heteroatoms. The molecule has 2 fully saturated rings. The third-order valence-corrected chi connectivity index (χ3v) is 8.72. The zero-order valence-electron chi connectivity index (χ0n) is 23.9. The molecule has 45 heavy (non-hydrogen) atoms. The predicted octanol–water partition coefficient (Wildman–Crippen LogP) is 2.78. The second kappa shape index (κ2) is 12.5. The van der Waals surface area contributed by atoms with Crippen molar-refractivity contribution in [1.82, 2.24) is 30.1 Å². The molecule has 3 aromatic carbocycles. The van der Waals surface area contributed by atoms with Gasteiger partial charge in [0, 0.05) is 19.5 Å². The number of fused-ring (bicyclic) bond motifs is 2. The lowest BCUT2D eigenvalue weighted by Gasteiger charge is -2.55. The third kappa shape index (κ3) is 6.14. The number of rotatable bonds is 8. The lowest BCUT2D eigenvalue weighted by Crippen LogP contribution is -2.77. The topological polar surface area (TPSA) is 147 Å². The third-order valence-electron chi connectivity index (χ3n) is 7.89. The first-order valence-corrected chi connectivity index (χ1v) is 15.0. The molecule has 6 rings (SSSR count). The van der Waals surface area contributed by atoms with E-state index in [1.54, 1.807) is 18.2 Å². The summed E-state index contributed by atoms with van der Waals surface area (Å²) in [5, 5.41) is 24.7. The highest BCUT2D eigenvalue weighted by atomic mass is 32.1. The van der Waals surface area contributed by atoms with E-state index in [1.807, 2.05) is 30.3 Å². The second-order valence-corrected chi connectivity index (χ2v) is 11.7. The fraction of sp³-hybridized carbons (Fsp3) is 0.258. The molecule has 2 saturated heterocycles. The van der Waals surface area contributed by atoms with E-state index in [-0.39, 0.29) is 31.8 Å². The number of piperazine rings is 1. The van der Waals surface area contributed by atoms with Crippen LogP contribution in [0.3, 0.4) is 0 Å². The van der Waals surface area contributed by atoms with Gasteiger partial charge in [0.25, 0.3) is 0 Å². The first kappa shape index (κ1) is 30.0. The highest BCUT2D eigenvalue weighted by Gasteiger charge is 2.51. The van der Waals surface area contributed by atoms with Gasteiger partial charge in [-0.15, -0.1) is 11.3 Å². The van der Waals surface area contributed by atoms with Crippen molar-refractivity contribution in [1.29, 1.82) is 0 Å². The van der Waals surface area contributed by atoms with Gasteiger partial charge in [0.15, 0.2) is 0 Å². The van der Waals surface area contributed by atoms with Crippen LogP contribution in [0.2, 0.25) is 0 Å². The number of thiazole rings is 1. The van der Waals surface area contributed by atoms with Crippen LogP contribution in [0, 0.1) is 5.82 Å². The minimum absolute atomic E-state index is 0.0162. The van der Waals surface area contributed by atoms with Crippen LogP contribution >= 0.6 is 11.3 Å². The summed E-state index contributed by atoms with van der Waals surface area (Å²) < 4.78 is 14.8. The van der Waals surface area contributed by atoms with E-state index >= 15 is 0 Å². The molecule has 3 heterocycles. The standard InChI is InChI=1S/C31H29FN6O6S/c32-23-11-8-21(28-29(23)45-18-34-28)14-35-15-25-37(24(30(35)43)12-19-6-9-22(39)10-7-19)26(40)16-36(17-27(41)42)38(25)31(44)33-13-20-4-2-1-3-5-20/h1-11,18,24-25,39H,12-17H2,(H,33,44)(H,41,42)/t24-,25-/m0/s1. The average molecular weight is 633 g/mol. The number of aliphatic carboxylic acids is 1. The zero-order valence-corrected chi connectivity index (χ0v) is 24.7.